The van der Waals surface area contributed by atoms with E-state index in [1.165, 1.54) is 0 Å². The smallest absolute Gasteiger partial charge is 0.242 e. The molecule has 0 aromatic heterocycles. The number of nitrogens with one attached hydrogen (secondary N) is 2. The molecule has 0 spiro atoms. The number of hydrazine groups is 1. The third-order valence-corrected chi connectivity index (χ3v) is 3.80. The Morgan fingerprint density at radius 2 is 1.82 bits per heavy atom. The maximum Gasteiger partial charge on any atom is 0.242 e. The van der Waals surface area contributed by atoms with Gasteiger partial charge in [0.15, 0.2) is 0 Å². The number of hydrogen-bond acceptors (Lipinski definition) is 3. The van der Waals surface area contributed by atoms with Gasteiger partial charge in [-0.3, -0.25) is 10.2 Å². The van der Waals surface area contributed by atoms with Crippen molar-refractivity contribution in [3.63, 3.8) is 0 Å². The summed E-state index contributed by atoms with van der Waals surface area (Å²) in [6, 6.07) is 5.49. The van der Waals surface area contributed by atoms with Gasteiger partial charge in [0.25, 0.3) is 0 Å². The molecule has 3 N–H and O–H groups in total. The monoisotopic (exact) mass is 418 g/mol. The van der Waals surface area contributed by atoms with Crippen LogP contribution in [0.25, 0.3) is 0 Å². The summed E-state index contributed by atoms with van der Waals surface area (Å²) < 4.78 is 2.68. The molecule has 0 saturated heterocycles. The molecule has 0 bridgehead atoms. The summed E-state index contributed by atoms with van der Waals surface area (Å²) in [5.41, 5.74) is 4.31. The number of hydrogen-bond donors (Lipinski definition) is 3. The highest BCUT2D eigenvalue weighted by Gasteiger charge is 2.28. The Morgan fingerprint density at radius 1 is 1.23 bits per heavy atom. The van der Waals surface area contributed by atoms with E-state index < -0.39 is 0 Å². The molecule has 0 heterocycles. The minimum Gasteiger partial charge on any atom is -0.508 e. The largest absolute Gasteiger partial charge is 0.508 e. The van der Waals surface area contributed by atoms with Crippen LogP contribution in [0.3, 0.4) is 0 Å². The van der Waals surface area contributed by atoms with E-state index in [2.05, 4.69) is 50.6 Å². The summed E-state index contributed by atoms with van der Waals surface area (Å²) in [5, 5.41) is 10.1. The van der Waals surface area contributed by atoms with Crippen LogP contribution < -0.4 is 9.06 Å². The van der Waals surface area contributed by atoms with Gasteiger partial charge < -0.3 is 5.11 Å². The lowest BCUT2D eigenvalue weighted by Gasteiger charge is -2.27. The summed E-state index contributed by atoms with van der Waals surface area (Å²) in [4.78, 5) is 12.4. The molecule has 1 rings (SSSR count). The van der Waals surface area contributed by atoms with Crippen molar-refractivity contribution in [1.29, 1.82) is 0 Å². The van der Waals surface area contributed by atoms with Gasteiger partial charge in [0.2, 0.25) is 5.91 Å². The van der Waals surface area contributed by atoms with Gasteiger partial charge in [-0.15, -0.1) is 0 Å². The van der Waals surface area contributed by atoms with E-state index in [0.717, 1.165) is 17.5 Å². The topological polar surface area (TPSA) is 61.4 Å². The van der Waals surface area contributed by atoms with Gasteiger partial charge in [0, 0.05) is 22.9 Å². The second kappa shape index (κ2) is 7.17. The summed E-state index contributed by atoms with van der Waals surface area (Å²) in [6.45, 7) is 12.5. The zero-order valence-corrected chi connectivity index (χ0v) is 16.4. The first-order valence-electron chi connectivity index (χ1n) is 7.44. The third kappa shape index (κ3) is 5.43. The molecule has 1 amide bonds. The van der Waals surface area contributed by atoms with Crippen LogP contribution in [0.2, 0.25) is 0 Å². The molecule has 0 aliphatic heterocycles. The molecule has 0 aliphatic carbocycles. The second-order valence-corrected chi connectivity index (χ2v) is 8.47. The zero-order valence-electron chi connectivity index (χ0n) is 14.2. The summed E-state index contributed by atoms with van der Waals surface area (Å²) in [6.07, 6.45) is 0.728. The third-order valence-electron chi connectivity index (χ3n) is 3.53. The van der Waals surface area contributed by atoms with Crippen molar-refractivity contribution < 1.29 is 9.90 Å². The predicted molar refractivity (Wildman–Crippen MR) is 98.9 cm³/mol. The van der Waals surface area contributed by atoms with Crippen LogP contribution in [0.1, 0.15) is 65.0 Å². The average Bonchev–Trinajstić information content (AvgIpc) is 2.34. The van der Waals surface area contributed by atoms with Crippen LogP contribution in [0.4, 0.5) is 0 Å². The average molecular weight is 418 g/mol. The first-order chi connectivity index (χ1) is 9.95. The summed E-state index contributed by atoms with van der Waals surface area (Å²) in [5.74, 6) is -0.0444. The van der Waals surface area contributed by atoms with Crippen LogP contribution in [0.5, 0.6) is 5.75 Å². The Kier molecular flexibility index (Phi) is 6.27. The number of benzene rings is 1. The van der Waals surface area contributed by atoms with E-state index in [4.69, 9.17) is 0 Å². The Hall–Kier alpha value is -0.820. The summed E-state index contributed by atoms with van der Waals surface area (Å²) in [7, 11) is 0. The number of amides is 1. The first-order valence-corrected chi connectivity index (χ1v) is 8.52. The molecule has 4 nitrogen and oxygen atoms in total. The van der Waals surface area contributed by atoms with E-state index in [0.29, 0.717) is 0 Å². The number of phenols is 1. The normalized spacial score (nSPS) is 13.8. The quantitative estimate of drug-likeness (QED) is 0.391. The van der Waals surface area contributed by atoms with Crippen LogP contribution in [0.15, 0.2) is 18.2 Å². The first kappa shape index (κ1) is 19.2. The molecular weight excluding hydrogens is 391 g/mol. The number of rotatable bonds is 4. The highest BCUT2D eigenvalue weighted by atomic mass is 127. The molecule has 0 saturated carbocycles. The van der Waals surface area contributed by atoms with Crippen molar-refractivity contribution in [2.24, 2.45) is 5.41 Å². The van der Waals surface area contributed by atoms with Crippen LogP contribution >= 0.6 is 22.9 Å². The standard InChI is InChI=1S/C17H27IN2O2/c1-16(2,3)10-12(15(22)19-20-18)11-7-8-14(21)13(9-11)17(4,5)6/h7-9,12,20-21H,10H2,1-6H3,(H,19,22). The van der Waals surface area contributed by atoms with E-state index in [1.807, 2.05) is 35.0 Å². The molecule has 1 atom stereocenters. The van der Waals surface area contributed by atoms with Gasteiger partial charge >= 0.3 is 0 Å². The minimum absolute atomic E-state index is 0.0209. The summed E-state index contributed by atoms with van der Waals surface area (Å²) >= 11 is 1.90. The molecule has 1 aromatic carbocycles. The lowest BCUT2D eigenvalue weighted by molar-refractivity contribution is -0.123. The molecule has 22 heavy (non-hydrogen) atoms. The van der Waals surface area contributed by atoms with Gasteiger partial charge in [0.1, 0.15) is 5.75 Å². The van der Waals surface area contributed by atoms with Crippen molar-refractivity contribution >= 4 is 28.8 Å². The number of carbonyl (C=O) groups is 1. The molecule has 0 radical (unpaired) electrons. The highest BCUT2D eigenvalue weighted by molar-refractivity contribution is 14.1. The van der Waals surface area contributed by atoms with Gasteiger partial charge in [-0.25, -0.2) is 0 Å². The number of aromatic hydroxyl groups is 1. The van der Waals surface area contributed by atoms with Crippen molar-refractivity contribution in [3.05, 3.63) is 29.3 Å². The Bertz CT molecular complexity index is 530. The van der Waals surface area contributed by atoms with E-state index >= 15 is 0 Å². The molecule has 124 valence electrons. The molecular formula is C17H27IN2O2. The maximum atomic E-state index is 12.4. The van der Waals surface area contributed by atoms with Crippen LogP contribution in [-0.2, 0) is 10.2 Å². The van der Waals surface area contributed by atoms with Crippen LogP contribution in [-0.4, -0.2) is 11.0 Å². The predicted octanol–water partition coefficient (Wildman–Crippen LogP) is 4.18. The van der Waals surface area contributed by atoms with E-state index in [-0.39, 0.29) is 28.4 Å². The maximum absolute atomic E-state index is 12.4. The van der Waals surface area contributed by atoms with Gasteiger partial charge in [-0.2, -0.15) is 3.64 Å². The van der Waals surface area contributed by atoms with Gasteiger partial charge in [-0.1, -0.05) is 53.7 Å². The minimum atomic E-state index is -0.260. The fourth-order valence-corrected chi connectivity index (χ4v) is 2.74. The Labute approximate surface area is 147 Å². The molecule has 1 aromatic rings. The van der Waals surface area contributed by atoms with Crippen LogP contribution in [0, 0.1) is 5.41 Å². The Morgan fingerprint density at radius 3 is 2.27 bits per heavy atom. The lowest BCUT2D eigenvalue weighted by atomic mass is 9.78. The lowest BCUT2D eigenvalue weighted by Crippen LogP contribution is -2.36. The number of phenolic OH excluding ortho intramolecular Hbond substituents is 1. The highest BCUT2D eigenvalue weighted by Crippen LogP contribution is 2.36. The van der Waals surface area contributed by atoms with E-state index in [9.17, 15) is 9.90 Å². The SMILES string of the molecule is CC(C)(C)CC(C(=O)NNI)c1ccc(O)c(C(C)(C)C)c1. The zero-order chi connectivity index (χ0) is 17.1. The van der Waals surface area contributed by atoms with Crippen molar-refractivity contribution in [1.82, 2.24) is 9.06 Å². The fraction of sp³-hybridized carbons (Fsp3) is 0.588. The number of carbonyl (C=O) groups excluding carboxylic acids is 1. The van der Waals surface area contributed by atoms with Gasteiger partial charge in [0.05, 0.1) is 5.92 Å². The molecule has 0 fully saturated rings. The second-order valence-electron chi connectivity index (χ2n) is 7.93. The molecule has 1 unspecified atom stereocenters. The molecule has 5 heteroatoms. The van der Waals surface area contributed by atoms with Crippen molar-refractivity contribution in [2.45, 2.75) is 59.3 Å². The molecule has 0 aliphatic rings. The number of halogens is 1. The van der Waals surface area contributed by atoms with Gasteiger partial charge in [-0.05, 0) is 34.4 Å². The Balaban J connectivity index is 3.28. The van der Waals surface area contributed by atoms with Crippen molar-refractivity contribution in [3.8, 4) is 5.75 Å². The van der Waals surface area contributed by atoms with E-state index in [1.54, 1.807) is 6.07 Å². The van der Waals surface area contributed by atoms with Crippen molar-refractivity contribution in [2.75, 3.05) is 0 Å². The fourth-order valence-electron chi connectivity index (χ4n) is 2.48.